The Balaban J connectivity index is 1.57. The number of anilines is 1. The van der Waals surface area contributed by atoms with Gasteiger partial charge in [0.1, 0.15) is 0 Å². The van der Waals surface area contributed by atoms with Gasteiger partial charge >= 0.3 is 0 Å². The molecule has 1 N–H and O–H groups in total. The van der Waals surface area contributed by atoms with E-state index < -0.39 is 5.60 Å². The zero-order chi connectivity index (χ0) is 17.2. The average Bonchev–Trinajstić information content (AvgIpc) is 3.02. The lowest BCUT2D eigenvalue weighted by Gasteiger charge is -2.39. The van der Waals surface area contributed by atoms with Crippen molar-refractivity contribution in [1.82, 2.24) is 10.2 Å². The molecule has 1 aromatic rings. The fourth-order valence-electron chi connectivity index (χ4n) is 3.51. The molecule has 2 aliphatic heterocycles. The second-order valence-electron chi connectivity index (χ2n) is 6.59. The highest BCUT2D eigenvalue weighted by molar-refractivity contribution is 5.86. The number of carbonyl (C=O) groups excluding carboxylic acids is 2. The van der Waals surface area contributed by atoms with Gasteiger partial charge in [-0.1, -0.05) is 18.2 Å². The monoisotopic (exact) mass is 331 g/mol. The molecule has 3 rings (SSSR count). The first kappa shape index (κ1) is 16.8. The molecular weight excluding hydrogens is 306 g/mol. The van der Waals surface area contributed by atoms with Crippen molar-refractivity contribution in [3.8, 4) is 0 Å². The standard InChI is InChI=1S/C18H25N3O3/c1-18(17(23)19-2)13-21(11-12-24-18)16(22)8-10-20-9-7-14-5-3-4-6-15(14)20/h3-6H,7-13H2,1-2H3,(H,19,23). The Kier molecular flexibility index (Phi) is 4.76. The van der Waals surface area contributed by atoms with Crippen LogP contribution in [0.2, 0.25) is 0 Å². The average molecular weight is 331 g/mol. The molecule has 0 bridgehead atoms. The van der Waals surface area contributed by atoms with Crippen LogP contribution >= 0.6 is 0 Å². The maximum Gasteiger partial charge on any atom is 0.253 e. The first-order chi connectivity index (χ1) is 11.5. The summed E-state index contributed by atoms with van der Waals surface area (Å²) in [6.07, 6.45) is 1.49. The molecule has 6 nitrogen and oxygen atoms in total. The molecule has 2 amide bonds. The Morgan fingerprint density at radius 2 is 2.08 bits per heavy atom. The van der Waals surface area contributed by atoms with Crippen LogP contribution in [0.25, 0.3) is 0 Å². The van der Waals surface area contributed by atoms with E-state index in [2.05, 4.69) is 28.4 Å². The Labute approximate surface area is 142 Å². The molecule has 130 valence electrons. The van der Waals surface area contributed by atoms with Gasteiger partial charge in [0.25, 0.3) is 5.91 Å². The number of benzene rings is 1. The van der Waals surface area contributed by atoms with E-state index in [0.29, 0.717) is 32.7 Å². The minimum Gasteiger partial charge on any atom is -0.370 e. The third-order valence-electron chi connectivity index (χ3n) is 4.91. The number of morpholine rings is 1. The second kappa shape index (κ2) is 6.81. The maximum absolute atomic E-state index is 12.6. The number of hydrogen-bond donors (Lipinski definition) is 1. The molecule has 2 heterocycles. The maximum atomic E-state index is 12.6. The van der Waals surface area contributed by atoms with Crippen LogP contribution in [0.3, 0.4) is 0 Å². The number of likely N-dealkylation sites (N-methyl/N-ethyl adjacent to an activating group) is 1. The van der Waals surface area contributed by atoms with E-state index in [1.807, 2.05) is 6.07 Å². The van der Waals surface area contributed by atoms with Gasteiger partial charge < -0.3 is 19.9 Å². The number of nitrogens with one attached hydrogen (secondary N) is 1. The lowest BCUT2D eigenvalue weighted by atomic mass is 10.0. The SMILES string of the molecule is CNC(=O)C1(C)CN(C(=O)CCN2CCc3ccccc32)CCO1. The van der Waals surface area contributed by atoms with Crippen molar-refractivity contribution in [3.63, 3.8) is 0 Å². The number of ether oxygens (including phenoxy) is 1. The van der Waals surface area contributed by atoms with Crippen LogP contribution in [0, 0.1) is 0 Å². The van der Waals surface area contributed by atoms with Crippen molar-refractivity contribution in [1.29, 1.82) is 0 Å². The van der Waals surface area contributed by atoms with Crippen molar-refractivity contribution in [2.24, 2.45) is 0 Å². The Hall–Kier alpha value is -2.08. The first-order valence-electron chi connectivity index (χ1n) is 8.50. The van der Waals surface area contributed by atoms with Crippen molar-refractivity contribution < 1.29 is 14.3 Å². The first-order valence-corrected chi connectivity index (χ1v) is 8.50. The van der Waals surface area contributed by atoms with Crippen LogP contribution in [0.5, 0.6) is 0 Å². The lowest BCUT2D eigenvalue weighted by molar-refractivity contribution is -0.162. The number of carbonyl (C=O) groups is 2. The Morgan fingerprint density at radius 1 is 1.29 bits per heavy atom. The zero-order valence-electron chi connectivity index (χ0n) is 14.4. The second-order valence-corrected chi connectivity index (χ2v) is 6.59. The molecule has 2 aliphatic rings. The number of nitrogens with zero attached hydrogens (tertiary/aromatic N) is 2. The van der Waals surface area contributed by atoms with E-state index in [4.69, 9.17) is 4.74 Å². The third-order valence-corrected chi connectivity index (χ3v) is 4.91. The molecule has 0 aromatic heterocycles. The van der Waals surface area contributed by atoms with Crippen molar-refractivity contribution >= 4 is 17.5 Å². The molecule has 6 heteroatoms. The van der Waals surface area contributed by atoms with Gasteiger partial charge in [-0.2, -0.15) is 0 Å². The normalized spacial score (nSPS) is 23.1. The molecule has 0 saturated carbocycles. The molecule has 1 aromatic carbocycles. The van der Waals surface area contributed by atoms with E-state index in [-0.39, 0.29) is 11.8 Å². The van der Waals surface area contributed by atoms with E-state index >= 15 is 0 Å². The summed E-state index contributed by atoms with van der Waals surface area (Å²) in [6.45, 7) is 4.66. The number of hydrogen-bond acceptors (Lipinski definition) is 4. The summed E-state index contributed by atoms with van der Waals surface area (Å²) in [6, 6.07) is 8.36. The number of fused-ring (bicyclic) bond motifs is 1. The van der Waals surface area contributed by atoms with E-state index in [0.717, 1.165) is 13.0 Å². The molecule has 0 spiro atoms. The predicted molar refractivity (Wildman–Crippen MR) is 92.0 cm³/mol. The number of amides is 2. The fourth-order valence-corrected chi connectivity index (χ4v) is 3.51. The molecule has 1 unspecified atom stereocenters. The Morgan fingerprint density at radius 3 is 2.88 bits per heavy atom. The van der Waals surface area contributed by atoms with Gasteiger partial charge in [0.05, 0.1) is 13.2 Å². The Bertz CT molecular complexity index is 634. The lowest BCUT2D eigenvalue weighted by Crippen LogP contribution is -2.59. The van der Waals surface area contributed by atoms with E-state index in [1.54, 1.807) is 18.9 Å². The van der Waals surface area contributed by atoms with Crippen LogP contribution in [0.4, 0.5) is 5.69 Å². The summed E-state index contributed by atoms with van der Waals surface area (Å²) in [5.41, 5.74) is 1.63. The largest absolute Gasteiger partial charge is 0.370 e. The van der Waals surface area contributed by atoms with Crippen LogP contribution in [-0.4, -0.2) is 62.1 Å². The van der Waals surface area contributed by atoms with Crippen LogP contribution < -0.4 is 10.2 Å². The molecular formula is C18H25N3O3. The van der Waals surface area contributed by atoms with Crippen molar-refractivity contribution in [2.75, 3.05) is 44.7 Å². The molecule has 1 atom stereocenters. The molecule has 1 saturated heterocycles. The summed E-state index contributed by atoms with van der Waals surface area (Å²) < 4.78 is 5.61. The summed E-state index contributed by atoms with van der Waals surface area (Å²) >= 11 is 0. The highest BCUT2D eigenvalue weighted by atomic mass is 16.5. The van der Waals surface area contributed by atoms with E-state index in [1.165, 1.54) is 11.3 Å². The summed E-state index contributed by atoms with van der Waals surface area (Å²) in [5.74, 6) is -0.105. The predicted octanol–water partition coefficient (Wildman–Crippen LogP) is 0.803. The minimum atomic E-state index is -0.955. The summed E-state index contributed by atoms with van der Waals surface area (Å²) in [4.78, 5) is 28.6. The summed E-state index contributed by atoms with van der Waals surface area (Å²) in [5, 5.41) is 2.61. The van der Waals surface area contributed by atoms with Gasteiger partial charge in [0, 0.05) is 38.8 Å². The highest BCUT2D eigenvalue weighted by Crippen LogP contribution is 2.27. The fraction of sp³-hybridized carbons (Fsp3) is 0.556. The van der Waals surface area contributed by atoms with Crippen LogP contribution in [0.1, 0.15) is 18.9 Å². The van der Waals surface area contributed by atoms with Crippen LogP contribution in [0.15, 0.2) is 24.3 Å². The molecule has 0 aliphatic carbocycles. The summed E-state index contributed by atoms with van der Waals surface area (Å²) in [7, 11) is 1.59. The van der Waals surface area contributed by atoms with Gasteiger partial charge in [-0.25, -0.2) is 0 Å². The molecule has 24 heavy (non-hydrogen) atoms. The minimum absolute atomic E-state index is 0.0813. The van der Waals surface area contributed by atoms with Gasteiger partial charge in [-0.3, -0.25) is 9.59 Å². The zero-order valence-corrected chi connectivity index (χ0v) is 14.4. The van der Waals surface area contributed by atoms with Gasteiger partial charge in [0.2, 0.25) is 5.91 Å². The number of para-hydroxylation sites is 1. The highest BCUT2D eigenvalue weighted by Gasteiger charge is 2.40. The third kappa shape index (κ3) is 3.24. The molecule has 1 fully saturated rings. The van der Waals surface area contributed by atoms with Crippen molar-refractivity contribution in [2.45, 2.75) is 25.4 Å². The quantitative estimate of drug-likeness (QED) is 0.887. The van der Waals surface area contributed by atoms with Crippen LogP contribution in [-0.2, 0) is 20.7 Å². The van der Waals surface area contributed by atoms with Gasteiger partial charge in [-0.15, -0.1) is 0 Å². The topological polar surface area (TPSA) is 61.9 Å². The van der Waals surface area contributed by atoms with Crippen molar-refractivity contribution in [3.05, 3.63) is 29.8 Å². The smallest absolute Gasteiger partial charge is 0.253 e. The van der Waals surface area contributed by atoms with Gasteiger partial charge in [-0.05, 0) is 25.0 Å². The van der Waals surface area contributed by atoms with Gasteiger partial charge in [0.15, 0.2) is 5.60 Å². The van der Waals surface area contributed by atoms with E-state index in [9.17, 15) is 9.59 Å². The number of rotatable bonds is 4. The molecule has 0 radical (unpaired) electrons.